The van der Waals surface area contributed by atoms with E-state index in [-0.39, 0.29) is 12.0 Å². The molecule has 0 radical (unpaired) electrons. The Labute approximate surface area is 150 Å². The first-order valence-electron chi connectivity index (χ1n) is 7.91. The van der Waals surface area contributed by atoms with E-state index in [4.69, 9.17) is 22.1 Å². The number of benzene rings is 1. The number of hydrogen-bond donors (Lipinski definition) is 4. The van der Waals surface area contributed by atoms with Crippen LogP contribution in [0, 0.1) is 0 Å². The summed E-state index contributed by atoms with van der Waals surface area (Å²) in [5, 5.41) is 3.63. The normalized spacial score (nSPS) is 16.4. The molecule has 9 heteroatoms. The van der Waals surface area contributed by atoms with Gasteiger partial charge in [0.25, 0.3) is 5.91 Å². The summed E-state index contributed by atoms with van der Waals surface area (Å²) in [5.41, 5.74) is 12.0. The van der Waals surface area contributed by atoms with Crippen molar-refractivity contribution in [2.45, 2.75) is 18.9 Å². The number of hydrazine groups is 1. The molecule has 1 amide bonds. The Morgan fingerprint density at radius 2 is 2.20 bits per heavy atom. The highest BCUT2D eigenvalue weighted by atomic mass is 35.5. The Bertz CT molecular complexity index is 751. The zero-order valence-electron chi connectivity index (χ0n) is 13.5. The summed E-state index contributed by atoms with van der Waals surface area (Å²) in [7, 11) is 0. The fourth-order valence-electron chi connectivity index (χ4n) is 2.47. The van der Waals surface area contributed by atoms with Crippen molar-refractivity contribution >= 4 is 34.8 Å². The molecule has 1 aromatic carbocycles. The van der Waals surface area contributed by atoms with Gasteiger partial charge in [-0.15, -0.1) is 0 Å². The largest absolute Gasteiger partial charge is 0.393 e. The average Bonchev–Trinajstić information content (AvgIpc) is 3.13. The Morgan fingerprint density at radius 3 is 2.96 bits per heavy atom. The number of amides is 1. The van der Waals surface area contributed by atoms with Crippen LogP contribution in [0.15, 0.2) is 30.6 Å². The molecule has 2 heterocycles. The van der Waals surface area contributed by atoms with Gasteiger partial charge < -0.3 is 15.8 Å². The van der Waals surface area contributed by atoms with Gasteiger partial charge in [0.1, 0.15) is 12.0 Å². The van der Waals surface area contributed by atoms with Gasteiger partial charge in [-0.05, 0) is 31.0 Å². The number of aromatic nitrogens is 2. The molecule has 0 bridgehead atoms. The van der Waals surface area contributed by atoms with Crippen LogP contribution in [0.25, 0.3) is 0 Å². The van der Waals surface area contributed by atoms with Crippen molar-refractivity contribution < 1.29 is 9.53 Å². The highest BCUT2D eigenvalue weighted by Crippen LogP contribution is 2.22. The van der Waals surface area contributed by atoms with E-state index in [2.05, 4.69) is 26.1 Å². The molecule has 1 aliphatic heterocycles. The van der Waals surface area contributed by atoms with E-state index >= 15 is 0 Å². The molecule has 3 rings (SSSR count). The van der Waals surface area contributed by atoms with Gasteiger partial charge in [0, 0.05) is 23.7 Å². The van der Waals surface area contributed by atoms with Crippen LogP contribution < -0.4 is 21.9 Å². The predicted octanol–water partition coefficient (Wildman–Crippen LogP) is 2.06. The number of halogens is 1. The topological polar surface area (TPSA) is 114 Å². The van der Waals surface area contributed by atoms with Crippen molar-refractivity contribution in [3.63, 3.8) is 0 Å². The molecule has 1 atom stereocenters. The number of anilines is 3. The summed E-state index contributed by atoms with van der Waals surface area (Å²) in [4.78, 5) is 20.3. The number of hydrogen-bond acceptors (Lipinski definition) is 7. The van der Waals surface area contributed by atoms with Gasteiger partial charge in [-0.1, -0.05) is 17.7 Å². The minimum absolute atomic E-state index is 0.160. The van der Waals surface area contributed by atoms with Crippen molar-refractivity contribution in [1.29, 1.82) is 0 Å². The van der Waals surface area contributed by atoms with Crippen LogP contribution >= 0.6 is 11.6 Å². The second kappa shape index (κ2) is 8.00. The summed E-state index contributed by atoms with van der Waals surface area (Å²) < 4.78 is 5.55. The quantitative estimate of drug-likeness (QED) is 0.581. The van der Waals surface area contributed by atoms with Crippen LogP contribution in [0.5, 0.6) is 0 Å². The molecule has 1 aromatic heterocycles. The van der Waals surface area contributed by atoms with Crippen molar-refractivity contribution in [3.8, 4) is 0 Å². The van der Waals surface area contributed by atoms with Crippen LogP contribution in [0.1, 0.15) is 23.2 Å². The fourth-order valence-corrected chi connectivity index (χ4v) is 2.66. The summed E-state index contributed by atoms with van der Waals surface area (Å²) in [6.07, 6.45) is 3.60. The molecule has 0 saturated carbocycles. The molecule has 25 heavy (non-hydrogen) atoms. The Morgan fingerprint density at radius 1 is 1.36 bits per heavy atom. The number of carbonyl (C=O) groups is 1. The number of nitrogens with one attached hydrogen (secondary N) is 3. The van der Waals surface area contributed by atoms with Gasteiger partial charge in [-0.2, -0.15) is 0 Å². The van der Waals surface area contributed by atoms with E-state index < -0.39 is 0 Å². The van der Waals surface area contributed by atoms with E-state index in [1.54, 1.807) is 24.3 Å². The Balaban J connectivity index is 1.60. The fraction of sp³-hybridized carbons (Fsp3) is 0.312. The maximum Gasteiger partial charge on any atom is 0.269 e. The van der Waals surface area contributed by atoms with Gasteiger partial charge >= 0.3 is 0 Å². The van der Waals surface area contributed by atoms with Crippen molar-refractivity contribution in [2.75, 3.05) is 29.6 Å². The van der Waals surface area contributed by atoms with Gasteiger partial charge in [0.2, 0.25) is 0 Å². The zero-order chi connectivity index (χ0) is 17.6. The van der Waals surface area contributed by atoms with E-state index in [1.165, 1.54) is 6.33 Å². The van der Waals surface area contributed by atoms with Gasteiger partial charge in [0.15, 0.2) is 11.6 Å². The zero-order valence-corrected chi connectivity index (χ0v) is 14.2. The monoisotopic (exact) mass is 362 g/mol. The number of nitrogens with two attached hydrogens (primary N) is 1. The lowest BCUT2D eigenvalue weighted by Crippen LogP contribution is -2.30. The van der Waals surface area contributed by atoms with E-state index in [0.29, 0.717) is 34.5 Å². The third-order valence-electron chi connectivity index (χ3n) is 3.79. The number of ether oxygens (including phenoxy) is 1. The molecular formula is C16H19ClN6O2. The molecule has 1 unspecified atom stereocenters. The standard InChI is InChI=1S/C16H19ClN6O2/c17-11-4-1-3-10(7-11)16(24)23-22-15-13(18)14(20-9-21-15)19-8-12-5-2-6-25-12/h1,3-4,7,9,12H,2,5-6,8,18H2,(H,23,24)(H2,19,20,21,22). The minimum Gasteiger partial charge on any atom is -0.393 e. The molecule has 2 aromatic rings. The van der Waals surface area contributed by atoms with Crippen LogP contribution in [0.2, 0.25) is 5.02 Å². The van der Waals surface area contributed by atoms with Crippen LogP contribution in [-0.2, 0) is 4.74 Å². The highest BCUT2D eigenvalue weighted by molar-refractivity contribution is 6.30. The first-order chi connectivity index (χ1) is 12.1. The molecule has 0 spiro atoms. The summed E-state index contributed by atoms with van der Waals surface area (Å²) in [6, 6.07) is 6.61. The molecule has 1 fully saturated rings. The summed E-state index contributed by atoms with van der Waals surface area (Å²) in [5.74, 6) is 0.444. The minimum atomic E-state index is -0.352. The van der Waals surface area contributed by atoms with E-state index in [9.17, 15) is 4.79 Å². The molecule has 0 aliphatic carbocycles. The van der Waals surface area contributed by atoms with Gasteiger partial charge in [-0.25, -0.2) is 9.97 Å². The van der Waals surface area contributed by atoms with Gasteiger partial charge in [-0.3, -0.25) is 15.6 Å². The molecule has 8 nitrogen and oxygen atoms in total. The predicted molar refractivity (Wildman–Crippen MR) is 96.4 cm³/mol. The van der Waals surface area contributed by atoms with Gasteiger partial charge in [0.05, 0.1) is 6.10 Å². The summed E-state index contributed by atoms with van der Waals surface area (Å²) in [6.45, 7) is 1.41. The second-order valence-electron chi connectivity index (χ2n) is 5.59. The Kier molecular flexibility index (Phi) is 5.52. The van der Waals surface area contributed by atoms with Crippen molar-refractivity contribution in [2.24, 2.45) is 0 Å². The van der Waals surface area contributed by atoms with E-state index in [1.807, 2.05) is 0 Å². The third-order valence-corrected chi connectivity index (χ3v) is 4.02. The van der Waals surface area contributed by atoms with Crippen LogP contribution in [0.3, 0.4) is 0 Å². The average molecular weight is 363 g/mol. The smallest absolute Gasteiger partial charge is 0.269 e. The van der Waals surface area contributed by atoms with Crippen LogP contribution in [-0.4, -0.2) is 35.1 Å². The third kappa shape index (κ3) is 4.49. The molecule has 132 valence electrons. The first-order valence-corrected chi connectivity index (χ1v) is 8.29. The Hall–Kier alpha value is -2.58. The first kappa shape index (κ1) is 17.2. The maximum atomic E-state index is 12.1. The lowest BCUT2D eigenvalue weighted by atomic mass is 10.2. The number of nitrogen functional groups attached to an aromatic ring is 1. The summed E-state index contributed by atoms with van der Waals surface area (Å²) >= 11 is 5.88. The SMILES string of the molecule is Nc1c(NCC2CCCO2)ncnc1NNC(=O)c1cccc(Cl)c1. The second-order valence-corrected chi connectivity index (χ2v) is 6.03. The number of rotatable bonds is 6. The number of carbonyl (C=O) groups excluding carboxylic acids is 1. The lowest BCUT2D eigenvalue weighted by molar-refractivity contribution is 0.0962. The van der Waals surface area contributed by atoms with Crippen molar-refractivity contribution in [1.82, 2.24) is 15.4 Å². The number of nitrogens with zero attached hydrogens (tertiary/aromatic N) is 2. The molecule has 5 N–H and O–H groups in total. The maximum absolute atomic E-state index is 12.1. The van der Waals surface area contributed by atoms with Crippen LogP contribution in [0.4, 0.5) is 17.3 Å². The molecule has 1 aliphatic rings. The molecular weight excluding hydrogens is 344 g/mol. The van der Waals surface area contributed by atoms with Crippen molar-refractivity contribution in [3.05, 3.63) is 41.2 Å². The lowest BCUT2D eigenvalue weighted by Gasteiger charge is -2.15. The highest BCUT2D eigenvalue weighted by Gasteiger charge is 2.16. The molecule has 1 saturated heterocycles. The van der Waals surface area contributed by atoms with E-state index in [0.717, 1.165) is 19.4 Å².